The Balaban J connectivity index is 1.71. The van der Waals surface area contributed by atoms with Crippen LogP contribution in [0.1, 0.15) is 12.8 Å². The summed E-state index contributed by atoms with van der Waals surface area (Å²) in [6.45, 7) is 2.32. The molecule has 1 N–H and O–H groups in total. The maximum absolute atomic E-state index is 10.1. The van der Waals surface area contributed by atoms with Crippen LogP contribution in [0.2, 0.25) is 0 Å². The first-order chi connectivity index (χ1) is 7.29. The molecule has 5 fully saturated rings. The average molecular weight is 243 g/mol. The van der Waals surface area contributed by atoms with Crippen LogP contribution < -0.4 is 0 Å². The molecular formula is C11H17NOS2. The highest BCUT2D eigenvalue weighted by Gasteiger charge is 2.61. The molecule has 0 aromatic carbocycles. The molecule has 4 aliphatic heterocycles. The highest BCUT2D eigenvalue weighted by atomic mass is 32.2. The van der Waals surface area contributed by atoms with Crippen LogP contribution in [-0.4, -0.2) is 44.9 Å². The fourth-order valence-electron chi connectivity index (χ4n) is 4.21. The highest BCUT2D eigenvalue weighted by Crippen LogP contribution is 2.64. The molecule has 0 aromatic rings. The monoisotopic (exact) mass is 243 g/mol. The molecule has 5 aliphatic rings. The van der Waals surface area contributed by atoms with Gasteiger partial charge in [-0.2, -0.15) is 0 Å². The predicted octanol–water partition coefficient (Wildman–Crippen LogP) is 1.45. The molecule has 1 spiro atoms. The second-order valence-corrected chi connectivity index (χ2v) is 8.41. The zero-order chi connectivity index (χ0) is 10.0. The molecule has 2 nitrogen and oxygen atoms in total. The number of rotatable bonds is 0. The van der Waals surface area contributed by atoms with Gasteiger partial charge in [0.05, 0.1) is 4.08 Å². The Hall–Kier alpha value is 0.620. The second-order valence-electron chi connectivity index (χ2n) is 5.41. The van der Waals surface area contributed by atoms with Gasteiger partial charge in [0.15, 0.2) is 0 Å². The van der Waals surface area contributed by atoms with Gasteiger partial charge in [-0.15, -0.1) is 23.5 Å². The van der Waals surface area contributed by atoms with E-state index in [1.165, 1.54) is 24.3 Å². The zero-order valence-electron chi connectivity index (χ0n) is 8.76. The molecule has 5 atom stereocenters. The first kappa shape index (κ1) is 9.63. The number of aliphatic hydroxyl groups excluding tert-OH is 1. The van der Waals surface area contributed by atoms with Gasteiger partial charge in [0.25, 0.3) is 0 Å². The number of hydrogen-bond acceptors (Lipinski definition) is 4. The molecule has 4 heteroatoms. The van der Waals surface area contributed by atoms with E-state index >= 15 is 0 Å². The van der Waals surface area contributed by atoms with Gasteiger partial charge in [-0.3, -0.25) is 4.90 Å². The van der Waals surface area contributed by atoms with Crippen molar-refractivity contribution in [3.63, 3.8) is 0 Å². The first-order valence-electron chi connectivity index (χ1n) is 5.99. The van der Waals surface area contributed by atoms with Crippen LogP contribution in [0.15, 0.2) is 0 Å². The standard InChI is InChI=1S/C11H17NOS2/c13-10-7-3-8-5-12(10)6-9(4-7)11(8)14-1-2-15-11/h7-10,13H,1-6H2/t7?,8-,9+,10-/m1/s1. The Kier molecular flexibility index (Phi) is 1.98. The van der Waals surface area contributed by atoms with Gasteiger partial charge in [0.2, 0.25) is 0 Å². The second kappa shape index (κ2) is 3.09. The number of thioether (sulfide) groups is 2. The molecule has 4 heterocycles. The Bertz CT molecular complexity index is 258. The molecule has 15 heavy (non-hydrogen) atoms. The van der Waals surface area contributed by atoms with Gasteiger partial charge in [-0.25, -0.2) is 0 Å². The summed E-state index contributed by atoms with van der Waals surface area (Å²) in [7, 11) is 0. The molecule has 4 bridgehead atoms. The van der Waals surface area contributed by atoms with E-state index in [0.717, 1.165) is 24.9 Å². The first-order valence-corrected chi connectivity index (χ1v) is 7.97. The van der Waals surface area contributed by atoms with Crippen LogP contribution in [0.4, 0.5) is 0 Å². The van der Waals surface area contributed by atoms with Crippen LogP contribution in [-0.2, 0) is 0 Å². The molecule has 0 aromatic heterocycles. The topological polar surface area (TPSA) is 23.5 Å². The van der Waals surface area contributed by atoms with E-state index in [4.69, 9.17) is 0 Å². The third kappa shape index (κ3) is 1.12. The van der Waals surface area contributed by atoms with Crippen molar-refractivity contribution >= 4 is 23.5 Å². The minimum atomic E-state index is -0.105. The Morgan fingerprint density at radius 1 is 1.07 bits per heavy atom. The van der Waals surface area contributed by atoms with Crippen molar-refractivity contribution in [2.24, 2.45) is 17.8 Å². The normalized spacial score (nSPS) is 55.4. The van der Waals surface area contributed by atoms with Crippen LogP contribution in [0.5, 0.6) is 0 Å². The van der Waals surface area contributed by atoms with Crippen molar-refractivity contribution in [1.82, 2.24) is 4.90 Å². The van der Waals surface area contributed by atoms with Crippen molar-refractivity contribution in [2.75, 3.05) is 24.6 Å². The third-order valence-electron chi connectivity index (χ3n) is 4.76. The number of aliphatic hydroxyl groups is 1. The molecular weight excluding hydrogens is 226 g/mol. The molecule has 84 valence electrons. The lowest BCUT2D eigenvalue weighted by Crippen LogP contribution is -2.67. The van der Waals surface area contributed by atoms with E-state index in [1.807, 2.05) is 0 Å². The highest BCUT2D eigenvalue weighted by molar-refractivity contribution is 8.21. The van der Waals surface area contributed by atoms with Gasteiger partial charge in [-0.05, 0) is 30.6 Å². The maximum Gasteiger partial charge on any atom is 0.110 e. The minimum absolute atomic E-state index is 0.105. The molecule has 0 radical (unpaired) electrons. The minimum Gasteiger partial charge on any atom is -0.378 e. The summed E-state index contributed by atoms with van der Waals surface area (Å²) in [5, 5.41) is 10.1. The van der Waals surface area contributed by atoms with Crippen molar-refractivity contribution in [1.29, 1.82) is 0 Å². The van der Waals surface area contributed by atoms with Gasteiger partial charge < -0.3 is 5.11 Å². The summed E-state index contributed by atoms with van der Waals surface area (Å²) in [6.07, 6.45) is 2.47. The lowest BCUT2D eigenvalue weighted by Gasteiger charge is -2.62. The summed E-state index contributed by atoms with van der Waals surface area (Å²) in [4.78, 5) is 2.34. The predicted molar refractivity (Wildman–Crippen MR) is 64.9 cm³/mol. The zero-order valence-corrected chi connectivity index (χ0v) is 10.4. The quantitative estimate of drug-likeness (QED) is 0.696. The van der Waals surface area contributed by atoms with Crippen molar-refractivity contribution in [3.8, 4) is 0 Å². The Labute approximate surface area is 99.2 Å². The van der Waals surface area contributed by atoms with Crippen LogP contribution in [0, 0.1) is 17.8 Å². The van der Waals surface area contributed by atoms with Crippen LogP contribution in [0.25, 0.3) is 0 Å². The summed E-state index contributed by atoms with van der Waals surface area (Å²) >= 11 is 4.47. The molecule has 1 aliphatic carbocycles. The maximum atomic E-state index is 10.1. The van der Waals surface area contributed by atoms with Crippen molar-refractivity contribution in [2.45, 2.75) is 23.1 Å². The molecule has 0 amide bonds. The summed E-state index contributed by atoms with van der Waals surface area (Å²) in [5.41, 5.74) is 0. The van der Waals surface area contributed by atoms with E-state index in [0.29, 0.717) is 10.00 Å². The number of hydrogen-bond donors (Lipinski definition) is 1. The SMILES string of the molecule is O[C@@H]1C2C[C@@H]3CN1C[C@H](C2)C31SCCS1. The Morgan fingerprint density at radius 3 is 2.20 bits per heavy atom. The van der Waals surface area contributed by atoms with E-state index in [2.05, 4.69) is 28.4 Å². The Morgan fingerprint density at radius 2 is 1.67 bits per heavy atom. The molecule has 2 unspecified atom stereocenters. The average Bonchev–Trinajstić information content (AvgIpc) is 2.66. The fraction of sp³-hybridized carbons (Fsp3) is 1.00. The molecule has 5 rings (SSSR count). The summed E-state index contributed by atoms with van der Waals surface area (Å²) in [6, 6.07) is 0. The van der Waals surface area contributed by atoms with E-state index in [-0.39, 0.29) is 6.23 Å². The van der Waals surface area contributed by atoms with E-state index < -0.39 is 0 Å². The van der Waals surface area contributed by atoms with E-state index in [1.54, 1.807) is 0 Å². The van der Waals surface area contributed by atoms with Crippen molar-refractivity contribution in [3.05, 3.63) is 0 Å². The van der Waals surface area contributed by atoms with Gasteiger partial charge in [0.1, 0.15) is 6.23 Å². The smallest absolute Gasteiger partial charge is 0.110 e. The van der Waals surface area contributed by atoms with Gasteiger partial charge >= 0.3 is 0 Å². The molecule has 1 saturated carbocycles. The fourth-order valence-corrected chi connectivity index (χ4v) is 7.97. The summed E-state index contributed by atoms with van der Waals surface area (Å²) < 4.78 is 0.563. The van der Waals surface area contributed by atoms with Gasteiger partial charge in [0, 0.05) is 24.6 Å². The van der Waals surface area contributed by atoms with Crippen molar-refractivity contribution < 1.29 is 5.11 Å². The van der Waals surface area contributed by atoms with E-state index in [9.17, 15) is 5.11 Å². The molecule has 4 saturated heterocycles. The lowest BCUT2D eigenvalue weighted by atomic mass is 9.66. The van der Waals surface area contributed by atoms with Crippen LogP contribution >= 0.6 is 23.5 Å². The van der Waals surface area contributed by atoms with Gasteiger partial charge in [-0.1, -0.05) is 0 Å². The largest absolute Gasteiger partial charge is 0.378 e. The summed E-state index contributed by atoms with van der Waals surface area (Å²) in [5.74, 6) is 5.01. The van der Waals surface area contributed by atoms with Crippen LogP contribution in [0.3, 0.4) is 0 Å². The third-order valence-corrected chi connectivity index (χ3v) is 8.77. The lowest BCUT2D eigenvalue weighted by molar-refractivity contribution is -0.156. The number of nitrogens with zero attached hydrogens (tertiary/aromatic N) is 1. The number of piperidine rings is 3.